The van der Waals surface area contributed by atoms with Gasteiger partial charge in [-0.2, -0.15) is 26.3 Å². The first kappa shape index (κ1) is 35.9. The number of nitrogens with one attached hydrogen (secondary N) is 1. The SMILES string of the molecule is CC(C)(CC1CCN(C(=O)c2cc(C(F)(F)F)cc(C(F)(F)F)c2)C(Cc2ccccc2)C1)OC(=O)CNCC(=O)O.Cl. The van der Waals surface area contributed by atoms with Gasteiger partial charge in [0.2, 0.25) is 0 Å². The van der Waals surface area contributed by atoms with Crippen LogP contribution >= 0.6 is 12.4 Å². The fourth-order valence-corrected chi connectivity index (χ4v) is 5.26. The van der Waals surface area contributed by atoms with E-state index in [0.717, 1.165) is 5.56 Å². The Labute approximate surface area is 251 Å². The average molecular weight is 639 g/mol. The summed E-state index contributed by atoms with van der Waals surface area (Å²) in [5.41, 5.74) is -3.94. The third kappa shape index (κ3) is 10.7. The molecule has 0 spiro atoms. The molecule has 1 aliphatic heterocycles. The van der Waals surface area contributed by atoms with E-state index < -0.39 is 65.1 Å². The lowest BCUT2D eigenvalue weighted by Crippen LogP contribution is -2.48. The second-order valence-corrected chi connectivity index (χ2v) is 11.0. The van der Waals surface area contributed by atoms with Crippen LogP contribution in [-0.4, -0.2) is 59.1 Å². The molecule has 2 unspecified atom stereocenters. The van der Waals surface area contributed by atoms with E-state index in [9.17, 15) is 40.7 Å². The number of esters is 1. The predicted molar refractivity (Wildman–Crippen MR) is 147 cm³/mol. The maximum Gasteiger partial charge on any atom is 0.416 e. The van der Waals surface area contributed by atoms with Gasteiger partial charge in [-0.05, 0) is 69.2 Å². The normalized spacial score (nSPS) is 17.6. The smallest absolute Gasteiger partial charge is 0.416 e. The molecule has 0 radical (unpaired) electrons. The van der Waals surface area contributed by atoms with Crippen LogP contribution in [0.4, 0.5) is 26.3 Å². The Morgan fingerprint density at radius 2 is 1.53 bits per heavy atom. The third-order valence-corrected chi connectivity index (χ3v) is 6.95. The summed E-state index contributed by atoms with van der Waals surface area (Å²) in [4.78, 5) is 37.7. The van der Waals surface area contributed by atoms with E-state index in [1.54, 1.807) is 32.0 Å². The van der Waals surface area contributed by atoms with Crippen LogP contribution in [0.3, 0.4) is 0 Å². The van der Waals surface area contributed by atoms with Gasteiger partial charge >= 0.3 is 24.3 Å². The lowest BCUT2D eigenvalue weighted by Gasteiger charge is -2.42. The highest BCUT2D eigenvalue weighted by atomic mass is 35.5. The van der Waals surface area contributed by atoms with Crippen LogP contribution in [0.5, 0.6) is 0 Å². The Bertz CT molecular complexity index is 1240. The van der Waals surface area contributed by atoms with Gasteiger partial charge in [0.1, 0.15) is 5.60 Å². The summed E-state index contributed by atoms with van der Waals surface area (Å²) in [6, 6.07) is 9.32. The first-order valence-electron chi connectivity index (χ1n) is 13.2. The molecule has 2 N–H and O–H groups in total. The van der Waals surface area contributed by atoms with E-state index in [2.05, 4.69) is 5.32 Å². The molecule has 1 heterocycles. The van der Waals surface area contributed by atoms with Gasteiger partial charge in [-0.25, -0.2) is 0 Å². The number of hydrogen-bond donors (Lipinski definition) is 2. The molecule has 1 aliphatic rings. The lowest BCUT2D eigenvalue weighted by atomic mass is 9.81. The quantitative estimate of drug-likeness (QED) is 0.245. The van der Waals surface area contributed by atoms with Gasteiger partial charge in [0.15, 0.2) is 0 Å². The molecule has 14 heteroatoms. The summed E-state index contributed by atoms with van der Waals surface area (Å²) < 4.78 is 86.2. The molecule has 1 fully saturated rings. The largest absolute Gasteiger partial charge is 0.480 e. The topological polar surface area (TPSA) is 95.9 Å². The summed E-state index contributed by atoms with van der Waals surface area (Å²) >= 11 is 0. The van der Waals surface area contributed by atoms with Gasteiger partial charge in [-0.3, -0.25) is 19.7 Å². The maximum absolute atomic E-state index is 13.5. The van der Waals surface area contributed by atoms with Crippen molar-refractivity contribution in [3.8, 4) is 0 Å². The van der Waals surface area contributed by atoms with Crippen LogP contribution in [0.2, 0.25) is 0 Å². The molecule has 0 aliphatic carbocycles. The number of likely N-dealkylation sites (tertiary alicyclic amines) is 1. The fourth-order valence-electron chi connectivity index (χ4n) is 5.26. The summed E-state index contributed by atoms with van der Waals surface area (Å²) in [7, 11) is 0. The number of carbonyl (C=O) groups is 3. The number of nitrogens with zero attached hydrogens (tertiary/aromatic N) is 1. The average Bonchev–Trinajstić information content (AvgIpc) is 2.87. The van der Waals surface area contributed by atoms with E-state index in [1.807, 2.05) is 12.1 Å². The monoisotopic (exact) mass is 638 g/mol. The molecule has 1 amide bonds. The lowest BCUT2D eigenvalue weighted by molar-refractivity contribution is -0.157. The molecule has 43 heavy (non-hydrogen) atoms. The number of ether oxygens (including phenoxy) is 1. The van der Waals surface area contributed by atoms with Gasteiger partial charge in [-0.1, -0.05) is 30.3 Å². The second kappa shape index (κ2) is 14.4. The number of amides is 1. The third-order valence-electron chi connectivity index (χ3n) is 6.95. The van der Waals surface area contributed by atoms with Gasteiger partial charge in [0, 0.05) is 18.2 Å². The molecular formula is C29H33ClF6N2O5. The number of carboxylic acids is 1. The number of rotatable bonds is 10. The van der Waals surface area contributed by atoms with Gasteiger partial charge in [-0.15, -0.1) is 12.4 Å². The molecule has 0 aromatic heterocycles. The Morgan fingerprint density at radius 1 is 0.953 bits per heavy atom. The van der Waals surface area contributed by atoms with Crippen molar-refractivity contribution in [2.45, 2.75) is 63.5 Å². The van der Waals surface area contributed by atoms with Crippen LogP contribution in [0.25, 0.3) is 0 Å². The molecule has 1 saturated heterocycles. The number of aliphatic carboxylic acids is 1. The number of alkyl halides is 6. The van der Waals surface area contributed by atoms with Gasteiger partial charge < -0.3 is 14.7 Å². The molecule has 2 aromatic carbocycles. The minimum Gasteiger partial charge on any atom is -0.480 e. The van der Waals surface area contributed by atoms with Crippen LogP contribution in [0.15, 0.2) is 48.5 Å². The molecule has 238 valence electrons. The molecule has 2 aromatic rings. The first-order chi connectivity index (χ1) is 19.4. The molecule has 2 atom stereocenters. The Balaban J connectivity index is 0.00000645. The van der Waals surface area contributed by atoms with Crippen molar-refractivity contribution in [2.24, 2.45) is 5.92 Å². The van der Waals surface area contributed by atoms with Crippen molar-refractivity contribution in [2.75, 3.05) is 19.6 Å². The fraction of sp³-hybridized carbons (Fsp3) is 0.483. The highest BCUT2D eigenvalue weighted by molar-refractivity contribution is 5.95. The van der Waals surface area contributed by atoms with E-state index in [4.69, 9.17) is 9.84 Å². The molecular weight excluding hydrogens is 606 g/mol. The van der Waals surface area contributed by atoms with Crippen LogP contribution < -0.4 is 5.32 Å². The number of piperidine rings is 1. The molecule has 3 rings (SSSR count). The first-order valence-corrected chi connectivity index (χ1v) is 13.2. The number of hydrogen-bond acceptors (Lipinski definition) is 5. The molecule has 0 saturated carbocycles. The van der Waals surface area contributed by atoms with Crippen molar-refractivity contribution in [3.63, 3.8) is 0 Å². The van der Waals surface area contributed by atoms with Crippen molar-refractivity contribution >= 4 is 30.3 Å². The maximum atomic E-state index is 13.5. The number of benzene rings is 2. The Hall–Kier alpha value is -3.32. The van der Waals surface area contributed by atoms with E-state index in [0.29, 0.717) is 37.8 Å². The summed E-state index contributed by atoms with van der Waals surface area (Å²) in [6.07, 6.45) is -8.75. The number of halogens is 7. The summed E-state index contributed by atoms with van der Waals surface area (Å²) in [6.45, 7) is 2.72. The van der Waals surface area contributed by atoms with Crippen LogP contribution in [0, 0.1) is 5.92 Å². The molecule has 0 bridgehead atoms. The summed E-state index contributed by atoms with van der Waals surface area (Å²) in [5.74, 6) is -2.81. The molecule has 7 nitrogen and oxygen atoms in total. The predicted octanol–water partition coefficient (Wildman–Crippen LogP) is 6.00. The zero-order chi connectivity index (χ0) is 31.3. The summed E-state index contributed by atoms with van der Waals surface area (Å²) in [5, 5.41) is 11.1. The van der Waals surface area contributed by atoms with Gasteiger partial charge in [0.05, 0.1) is 24.2 Å². The second-order valence-electron chi connectivity index (χ2n) is 11.0. The van der Waals surface area contributed by atoms with Crippen LogP contribution in [-0.2, 0) is 33.1 Å². The van der Waals surface area contributed by atoms with Crippen LogP contribution in [0.1, 0.15) is 60.2 Å². The van der Waals surface area contributed by atoms with Gasteiger partial charge in [0.25, 0.3) is 5.91 Å². The van der Waals surface area contributed by atoms with E-state index >= 15 is 0 Å². The standard InChI is InChI=1S/C29H32F6N2O5.ClH/c1-27(2,42-25(40)17-36-16-24(38)39)15-19-8-9-37(23(11-19)10-18-6-4-3-5-7-18)26(41)20-12-21(28(30,31)32)14-22(13-20)29(33,34)35;/h3-7,12-14,19,23,36H,8-11,15-17H2,1-2H3,(H,38,39);1H. The number of carbonyl (C=O) groups excluding carboxylic acids is 2. The van der Waals surface area contributed by atoms with Crippen molar-refractivity contribution in [3.05, 3.63) is 70.8 Å². The van der Waals surface area contributed by atoms with E-state index in [-0.39, 0.29) is 37.5 Å². The Morgan fingerprint density at radius 3 is 2.07 bits per heavy atom. The number of carboxylic acid groups (broad SMARTS) is 1. The highest BCUT2D eigenvalue weighted by Crippen LogP contribution is 2.38. The van der Waals surface area contributed by atoms with Crippen molar-refractivity contribution < 1.29 is 50.6 Å². The minimum absolute atomic E-state index is 0. The minimum atomic E-state index is -5.08. The highest BCUT2D eigenvalue weighted by Gasteiger charge is 2.40. The zero-order valence-corrected chi connectivity index (χ0v) is 24.2. The van der Waals surface area contributed by atoms with Crippen molar-refractivity contribution in [1.82, 2.24) is 10.2 Å². The zero-order valence-electron chi connectivity index (χ0n) is 23.4. The van der Waals surface area contributed by atoms with Crippen molar-refractivity contribution in [1.29, 1.82) is 0 Å². The Kier molecular flexibility index (Phi) is 12.0. The van der Waals surface area contributed by atoms with E-state index in [1.165, 1.54) is 4.90 Å².